The molecule has 2 aliphatic rings. The minimum absolute atomic E-state index is 0.00894. The molecule has 6 nitrogen and oxygen atoms in total. The Hall–Kier alpha value is -12.8. The molecule has 19 aromatic rings. The second kappa shape index (κ2) is 25.8. The number of aromatic nitrogens is 3. The summed E-state index contributed by atoms with van der Waals surface area (Å²) in [4.78, 5) is 4.70. The highest BCUT2D eigenvalue weighted by Gasteiger charge is 2.46. The van der Waals surface area contributed by atoms with Crippen LogP contribution < -0.4 is 26.2 Å². The van der Waals surface area contributed by atoms with Crippen molar-refractivity contribution in [3.63, 3.8) is 0 Å². The second-order valence-electron chi connectivity index (χ2n) is 37.3. The molecule has 0 unspecified atom stereocenters. The number of furan rings is 1. The standard InChI is InChI=1S/C110H96BN5O/c1-106(2,3)73-43-40-69(41-44-73)72-56-71(68-30-20-17-21-31-68)57-79(58-72)114-100-64-78(112-93-52-45-74(107(4,5)6)60-85(93)86-61-75(108(7,8)9)46-53-94(86)112)49-51-90(100)111-89-50-42-70(67-28-18-16-19-29-67)59-99(89)116(98-39-27-35-84-83-34-26-38-97(104(83)117-105(84)98)115-91-36-24-22-32-81(91)82-33-23-25-37-92(82)115)102-66-80(65-101(114)103(102)111)113-95-54-47-76(109(10,11)12)62-87(95)88-63-77(110(13,14)15)48-55-96(88)113/h16-66H,1-15H3/i16D,18D,19D,22D,23D,24D,25D,28D,29D,32D,33D,36D,37D. The fourth-order valence-electron chi connectivity index (χ4n) is 18.5. The first kappa shape index (κ1) is 58.9. The van der Waals surface area contributed by atoms with Crippen LogP contribution in [0.25, 0.3) is 138 Å². The van der Waals surface area contributed by atoms with Gasteiger partial charge in [-0.15, -0.1) is 0 Å². The van der Waals surface area contributed by atoms with Gasteiger partial charge in [0.1, 0.15) is 0 Å². The molecule has 0 bridgehead atoms. The lowest BCUT2D eigenvalue weighted by Crippen LogP contribution is -2.61. The first-order chi connectivity index (χ1) is 61.6. The SMILES string of the molecule is [2H]c1c([2H])c([2H])c(-c2ccc3c(c2)N(c2cccc4c2oc2c(-n5c6c([2H])c([2H])c([2H])c([2H])c6c6c([2H])c([2H])c([2H])c([2H])c65)cccc24)c2cc(-n4c5ccc(C(C)(C)C)cc5c5cc(C(C)(C)C)ccc54)cc4c2B3c2ccc(-n3c5ccc(C(C)(C)C)cc5c5cc(C(C)(C)C)ccc53)cc2N4c2cc(-c3ccccc3)cc(-c3ccc(C(C)(C)C)cc3)c2)c([2H])c1[2H]. The van der Waals surface area contributed by atoms with Crippen LogP contribution in [0.4, 0.5) is 34.1 Å². The first-order valence-corrected chi connectivity index (χ1v) is 40.7. The van der Waals surface area contributed by atoms with Gasteiger partial charge in [0.25, 0.3) is 6.71 Å². The number of fused-ring (bicyclic) bond motifs is 16. The van der Waals surface area contributed by atoms with E-state index >= 15 is 0 Å². The summed E-state index contributed by atoms with van der Waals surface area (Å²) < 4.78 is 136. The molecule has 2 aliphatic heterocycles. The first-order valence-electron chi connectivity index (χ1n) is 47.2. The number of para-hydroxylation sites is 4. The highest BCUT2D eigenvalue weighted by Crippen LogP contribution is 2.53. The Balaban J connectivity index is 0.939. The molecule has 0 amide bonds. The lowest BCUT2D eigenvalue weighted by molar-refractivity contribution is 0.590. The summed E-state index contributed by atoms with van der Waals surface area (Å²) in [6.45, 7) is 33.2. The van der Waals surface area contributed by atoms with Gasteiger partial charge in [-0.05, 0) is 226 Å². The van der Waals surface area contributed by atoms with E-state index in [9.17, 15) is 11.0 Å². The molecule has 0 atom stereocenters. The third-order valence-electron chi connectivity index (χ3n) is 24.7. The van der Waals surface area contributed by atoms with Crippen molar-refractivity contribution in [3.8, 4) is 50.4 Å². The normalized spacial score (nSPS) is 14.9. The molecular formula is C110H96BN5O. The molecule has 0 radical (unpaired) electrons. The predicted octanol–water partition coefficient (Wildman–Crippen LogP) is 28.4. The van der Waals surface area contributed by atoms with Crippen molar-refractivity contribution in [3.05, 3.63) is 337 Å². The topological polar surface area (TPSA) is 34.4 Å². The molecule has 7 heteroatoms. The lowest BCUT2D eigenvalue weighted by Gasteiger charge is -2.44. The largest absolute Gasteiger partial charge is 0.452 e. The van der Waals surface area contributed by atoms with E-state index in [1.54, 1.807) is 6.07 Å². The van der Waals surface area contributed by atoms with E-state index < -0.39 is 73.2 Å². The van der Waals surface area contributed by atoms with E-state index in [1.165, 1.54) is 32.4 Å². The molecule has 0 N–H and O–H groups in total. The van der Waals surface area contributed by atoms with Crippen molar-refractivity contribution in [1.29, 1.82) is 0 Å². The van der Waals surface area contributed by atoms with Crippen LogP contribution in [0.2, 0.25) is 0 Å². The van der Waals surface area contributed by atoms with Gasteiger partial charge in [-0.3, -0.25) is 0 Å². The van der Waals surface area contributed by atoms with Crippen LogP contribution in [-0.2, 0) is 27.1 Å². The van der Waals surface area contributed by atoms with Crippen molar-refractivity contribution in [2.45, 2.75) is 131 Å². The Morgan fingerprint density at radius 2 is 0.667 bits per heavy atom. The van der Waals surface area contributed by atoms with Crippen molar-refractivity contribution in [2.75, 3.05) is 9.80 Å². The van der Waals surface area contributed by atoms with Crippen LogP contribution in [0.5, 0.6) is 0 Å². The molecule has 21 rings (SSSR count). The van der Waals surface area contributed by atoms with E-state index in [4.69, 9.17) is 11.3 Å². The molecule has 15 aromatic carbocycles. The lowest BCUT2D eigenvalue weighted by atomic mass is 9.33. The van der Waals surface area contributed by atoms with Gasteiger partial charge in [-0.25, -0.2) is 0 Å². The molecule has 0 spiro atoms. The number of benzene rings is 15. The van der Waals surface area contributed by atoms with E-state index in [0.29, 0.717) is 39.0 Å². The molecular weight excluding hydrogens is 1420 g/mol. The summed E-state index contributed by atoms with van der Waals surface area (Å²) in [5.41, 5.74) is 23.0. The predicted molar refractivity (Wildman–Crippen MR) is 501 cm³/mol. The maximum Gasteiger partial charge on any atom is 0.252 e. The molecule has 0 saturated heterocycles. The monoisotopic (exact) mass is 1530 g/mol. The summed E-state index contributed by atoms with van der Waals surface area (Å²) >= 11 is 0. The van der Waals surface area contributed by atoms with Gasteiger partial charge in [-0.1, -0.05) is 292 Å². The number of hydrogen-bond acceptors (Lipinski definition) is 3. The maximum atomic E-state index is 9.77. The number of rotatable bonds is 8. The fraction of sp³-hybridized carbons (Fsp3) is 0.182. The average molecular weight is 1530 g/mol. The minimum Gasteiger partial charge on any atom is -0.452 e. The van der Waals surface area contributed by atoms with Crippen LogP contribution in [0.1, 0.15) is 149 Å². The van der Waals surface area contributed by atoms with Crippen LogP contribution in [0.3, 0.4) is 0 Å². The van der Waals surface area contributed by atoms with Gasteiger partial charge in [0.2, 0.25) is 0 Å². The van der Waals surface area contributed by atoms with Crippen LogP contribution >= 0.6 is 0 Å². The summed E-state index contributed by atoms with van der Waals surface area (Å²) in [6, 6.07) is 76.8. The second-order valence-corrected chi connectivity index (χ2v) is 37.3. The van der Waals surface area contributed by atoms with Crippen molar-refractivity contribution < 1.29 is 22.2 Å². The molecule has 6 heterocycles. The van der Waals surface area contributed by atoms with E-state index in [0.717, 1.165) is 111 Å². The minimum atomic E-state index is -0.624. The molecule has 0 aliphatic carbocycles. The molecule has 570 valence electrons. The van der Waals surface area contributed by atoms with E-state index in [1.807, 2.05) is 42.5 Å². The maximum absolute atomic E-state index is 9.77. The van der Waals surface area contributed by atoms with E-state index in [2.05, 4.69) is 305 Å². The van der Waals surface area contributed by atoms with Crippen LogP contribution in [0, 0.1) is 0 Å². The summed E-state index contributed by atoms with van der Waals surface area (Å²) in [5.74, 6) is 0. The van der Waals surface area contributed by atoms with Crippen molar-refractivity contribution in [1.82, 2.24) is 13.7 Å². The molecule has 0 saturated carbocycles. The Kier molecular flexibility index (Phi) is 13.0. The Morgan fingerprint density at radius 1 is 0.248 bits per heavy atom. The molecule has 0 fully saturated rings. The third kappa shape index (κ3) is 11.5. The number of anilines is 6. The van der Waals surface area contributed by atoms with Gasteiger partial charge in [0.15, 0.2) is 11.2 Å². The summed E-state index contributed by atoms with van der Waals surface area (Å²) in [7, 11) is 0. The zero-order valence-corrected chi connectivity index (χ0v) is 68.7. The molecule has 4 aromatic heterocycles. The Labute approximate surface area is 704 Å². The van der Waals surface area contributed by atoms with Crippen LogP contribution in [-0.4, -0.2) is 20.4 Å². The highest BCUT2D eigenvalue weighted by molar-refractivity contribution is 7.00. The Morgan fingerprint density at radius 3 is 1.18 bits per heavy atom. The zero-order valence-electron chi connectivity index (χ0n) is 81.7. The highest BCUT2D eigenvalue weighted by atomic mass is 16.3. The zero-order chi connectivity index (χ0) is 91.6. The van der Waals surface area contributed by atoms with Gasteiger partial charge in [0, 0.05) is 77.2 Å². The van der Waals surface area contributed by atoms with Crippen molar-refractivity contribution in [2.24, 2.45) is 0 Å². The summed E-state index contributed by atoms with van der Waals surface area (Å²) in [5, 5.41) is 5.46. The average Bonchev–Trinajstić information content (AvgIpc) is 1.26. The van der Waals surface area contributed by atoms with Gasteiger partial charge >= 0.3 is 0 Å². The van der Waals surface area contributed by atoms with Gasteiger partial charge < -0.3 is 27.9 Å². The molecule has 117 heavy (non-hydrogen) atoms. The smallest absolute Gasteiger partial charge is 0.252 e. The van der Waals surface area contributed by atoms with Crippen molar-refractivity contribution >= 4 is 145 Å². The van der Waals surface area contributed by atoms with Gasteiger partial charge in [0.05, 0.1) is 68.0 Å². The quantitative estimate of drug-likeness (QED) is 0.142. The third-order valence-corrected chi connectivity index (χ3v) is 24.7. The van der Waals surface area contributed by atoms with Gasteiger partial charge in [-0.2, -0.15) is 0 Å². The fourth-order valence-corrected chi connectivity index (χ4v) is 18.5. The van der Waals surface area contributed by atoms with Crippen LogP contribution in [0.15, 0.2) is 313 Å². The summed E-state index contributed by atoms with van der Waals surface area (Å²) in [6.07, 6.45) is 0. The Bertz CT molecular complexity index is 7940. The number of nitrogens with zero attached hydrogens (tertiary/aromatic N) is 5. The van der Waals surface area contributed by atoms with E-state index in [-0.39, 0.29) is 77.8 Å². The number of hydrogen-bond donors (Lipinski definition) is 0.